The molecule has 50 valence electrons. The maximum atomic E-state index is 10.2. The molecule has 3 nitrogen and oxygen atoms in total. The molecule has 0 amide bonds. The SMILES string of the molecule is Cc1csc(S(=O)[O-])n1.[Na+]. The van der Waals surface area contributed by atoms with Gasteiger partial charge in [0, 0.05) is 22.2 Å². The van der Waals surface area contributed by atoms with Gasteiger partial charge < -0.3 is 4.55 Å². The van der Waals surface area contributed by atoms with E-state index in [1.807, 2.05) is 0 Å². The van der Waals surface area contributed by atoms with Crippen molar-refractivity contribution in [3.8, 4) is 0 Å². The van der Waals surface area contributed by atoms with Crippen molar-refractivity contribution in [3.05, 3.63) is 11.1 Å². The van der Waals surface area contributed by atoms with Crippen molar-refractivity contribution in [3.63, 3.8) is 0 Å². The van der Waals surface area contributed by atoms with Crippen LogP contribution in [0.5, 0.6) is 0 Å². The van der Waals surface area contributed by atoms with Crippen LogP contribution in [0.2, 0.25) is 0 Å². The Hall–Kier alpha value is 0.740. The number of nitrogens with zero attached hydrogens (tertiary/aromatic N) is 1. The second kappa shape index (κ2) is 4.58. The van der Waals surface area contributed by atoms with E-state index < -0.39 is 11.1 Å². The van der Waals surface area contributed by atoms with Gasteiger partial charge in [0.1, 0.15) is 0 Å². The second-order valence-electron chi connectivity index (χ2n) is 1.49. The largest absolute Gasteiger partial charge is 1.00 e. The van der Waals surface area contributed by atoms with E-state index >= 15 is 0 Å². The van der Waals surface area contributed by atoms with Gasteiger partial charge in [0.15, 0.2) is 4.34 Å². The van der Waals surface area contributed by atoms with Crippen LogP contribution in [-0.2, 0) is 11.1 Å². The van der Waals surface area contributed by atoms with Crippen LogP contribution in [0.15, 0.2) is 9.72 Å². The number of hydrogen-bond acceptors (Lipinski definition) is 4. The molecule has 0 aliphatic heterocycles. The maximum Gasteiger partial charge on any atom is 1.00 e. The average Bonchev–Trinajstić information content (AvgIpc) is 2.14. The molecule has 1 rings (SSSR count). The predicted molar refractivity (Wildman–Crippen MR) is 34.0 cm³/mol. The van der Waals surface area contributed by atoms with Gasteiger partial charge in [-0.1, -0.05) is 0 Å². The normalized spacial score (nSPS) is 12.2. The van der Waals surface area contributed by atoms with E-state index in [1.165, 1.54) is 0 Å². The van der Waals surface area contributed by atoms with Crippen molar-refractivity contribution in [2.24, 2.45) is 0 Å². The molecule has 10 heavy (non-hydrogen) atoms. The van der Waals surface area contributed by atoms with Gasteiger partial charge in [0.05, 0.1) is 0 Å². The van der Waals surface area contributed by atoms with Gasteiger partial charge in [-0.15, -0.1) is 11.3 Å². The first kappa shape index (κ1) is 10.7. The van der Waals surface area contributed by atoms with Crippen LogP contribution < -0.4 is 29.6 Å². The first-order valence-corrected chi connectivity index (χ1v) is 4.17. The molecule has 0 saturated heterocycles. The Morgan fingerprint density at radius 2 is 2.40 bits per heavy atom. The van der Waals surface area contributed by atoms with E-state index in [2.05, 4.69) is 4.98 Å². The van der Waals surface area contributed by atoms with Crippen LogP contribution in [0.3, 0.4) is 0 Å². The summed E-state index contributed by atoms with van der Waals surface area (Å²) in [4.78, 5) is 3.72. The summed E-state index contributed by atoms with van der Waals surface area (Å²) in [6.07, 6.45) is 0. The summed E-state index contributed by atoms with van der Waals surface area (Å²) in [5, 5.41) is 1.70. The minimum Gasteiger partial charge on any atom is -0.767 e. The molecule has 0 radical (unpaired) electrons. The van der Waals surface area contributed by atoms with Crippen molar-refractivity contribution in [1.29, 1.82) is 0 Å². The molecule has 1 unspecified atom stereocenters. The first-order chi connectivity index (χ1) is 4.20. The smallest absolute Gasteiger partial charge is 0.767 e. The van der Waals surface area contributed by atoms with Crippen LogP contribution in [0, 0.1) is 6.92 Å². The van der Waals surface area contributed by atoms with Crippen molar-refractivity contribution in [2.75, 3.05) is 0 Å². The van der Waals surface area contributed by atoms with Crippen LogP contribution in [0.1, 0.15) is 5.69 Å². The molecule has 0 N–H and O–H groups in total. The Morgan fingerprint density at radius 3 is 2.60 bits per heavy atom. The van der Waals surface area contributed by atoms with Gasteiger partial charge in [-0.2, -0.15) is 0 Å². The summed E-state index contributed by atoms with van der Waals surface area (Å²) in [7, 11) is 0. The summed E-state index contributed by atoms with van der Waals surface area (Å²) >= 11 is -1.02. The molecular formula is C4H4NNaO2S2. The van der Waals surface area contributed by atoms with Gasteiger partial charge in [0.2, 0.25) is 0 Å². The predicted octanol–water partition coefficient (Wildman–Crippen LogP) is -2.31. The Bertz CT molecular complexity index is 237. The summed E-state index contributed by atoms with van der Waals surface area (Å²) in [5.41, 5.74) is 0.749. The number of rotatable bonds is 1. The molecule has 0 spiro atoms. The number of aryl methyl sites for hydroxylation is 1. The minimum atomic E-state index is -2.15. The average molecular weight is 185 g/mol. The molecule has 0 aliphatic rings. The summed E-state index contributed by atoms with van der Waals surface area (Å²) < 4.78 is 20.5. The standard InChI is InChI=1S/C4H5NO2S2.Na/c1-3-2-8-4(5-3)9(6)7;/h2H,1H3,(H,6,7);/q;+1/p-1. The quantitative estimate of drug-likeness (QED) is 0.365. The van der Waals surface area contributed by atoms with E-state index in [9.17, 15) is 8.76 Å². The number of hydrogen-bond donors (Lipinski definition) is 0. The third-order valence-corrected chi connectivity index (χ3v) is 2.57. The molecule has 0 aliphatic carbocycles. The molecular weight excluding hydrogens is 181 g/mol. The van der Waals surface area contributed by atoms with Crippen LogP contribution in [-0.4, -0.2) is 13.7 Å². The van der Waals surface area contributed by atoms with Crippen LogP contribution in [0.25, 0.3) is 0 Å². The van der Waals surface area contributed by atoms with Crippen molar-refractivity contribution >= 4 is 22.4 Å². The molecule has 6 heteroatoms. The summed E-state index contributed by atoms with van der Waals surface area (Å²) in [6.45, 7) is 1.76. The summed E-state index contributed by atoms with van der Waals surface area (Å²) in [5.74, 6) is 0. The third-order valence-electron chi connectivity index (χ3n) is 0.741. The topological polar surface area (TPSA) is 53.0 Å². The van der Waals surface area contributed by atoms with Crippen LogP contribution >= 0.6 is 11.3 Å². The zero-order valence-corrected chi connectivity index (χ0v) is 9.29. The molecule has 1 aromatic rings. The van der Waals surface area contributed by atoms with Crippen LogP contribution in [0.4, 0.5) is 0 Å². The minimum absolute atomic E-state index is 0. The van der Waals surface area contributed by atoms with Gasteiger partial charge in [0.25, 0.3) is 0 Å². The van der Waals surface area contributed by atoms with Gasteiger partial charge in [-0.25, -0.2) is 4.98 Å². The maximum absolute atomic E-state index is 10.2. The Morgan fingerprint density at radius 1 is 1.80 bits per heavy atom. The molecule has 0 bridgehead atoms. The molecule has 0 fully saturated rings. The van der Waals surface area contributed by atoms with Gasteiger partial charge in [-0.05, 0) is 6.92 Å². The van der Waals surface area contributed by atoms with Gasteiger partial charge in [-0.3, -0.25) is 4.21 Å². The van der Waals surface area contributed by atoms with E-state index in [0.29, 0.717) is 0 Å². The molecule has 0 aromatic carbocycles. The second-order valence-corrected chi connectivity index (χ2v) is 3.46. The van der Waals surface area contributed by atoms with Crippen molar-refractivity contribution < 1.29 is 38.3 Å². The Labute approximate surface area is 87.4 Å². The fourth-order valence-electron chi connectivity index (χ4n) is 0.409. The molecule has 1 atom stereocenters. The van der Waals surface area contributed by atoms with E-state index in [-0.39, 0.29) is 33.9 Å². The molecule has 1 aromatic heterocycles. The van der Waals surface area contributed by atoms with E-state index in [1.54, 1.807) is 12.3 Å². The summed E-state index contributed by atoms with van der Waals surface area (Å²) in [6, 6.07) is 0. The molecule has 0 saturated carbocycles. The fraction of sp³-hybridized carbons (Fsp3) is 0.250. The Kier molecular flexibility index (Phi) is 4.92. The van der Waals surface area contributed by atoms with Gasteiger partial charge >= 0.3 is 29.6 Å². The number of aromatic nitrogens is 1. The Balaban J connectivity index is 0.000000810. The monoisotopic (exact) mass is 185 g/mol. The first-order valence-electron chi connectivity index (χ1n) is 2.21. The zero-order chi connectivity index (χ0) is 6.85. The zero-order valence-electron chi connectivity index (χ0n) is 5.66. The van der Waals surface area contributed by atoms with E-state index in [0.717, 1.165) is 17.0 Å². The molecule has 1 heterocycles. The number of thiazole rings is 1. The fourth-order valence-corrected chi connectivity index (χ4v) is 1.61. The third kappa shape index (κ3) is 2.77. The van der Waals surface area contributed by atoms with Crippen molar-refractivity contribution in [2.45, 2.75) is 11.3 Å². The van der Waals surface area contributed by atoms with E-state index in [4.69, 9.17) is 0 Å². The van der Waals surface area contributed by atoms with Crippen molar-refractivity contribution in [1.82, 2.24) is 4.98 Å².